The molecule has 1 saturated heterocycles. The van der Waals surface area contributed by atoms with Gasteiger partial charge in [0.1, 0.15) is 5.22 Å². The smallest absolute Gasteiger partial charge is 0.393 e. The molecule has 0 N–H and O–H groups in total. The van der Waals surface area contributed by atoms with Gasteiger partial charge in [-0.15, -0.1) is 0 Å². The van der Waals surface area contributed by atoms with Gasteiger partial charge in [-0.3, -0.25) is 0 Å². The Labute approximate surface area is 129 Å². The van der Waals surface area contributed by atoms with Crippen LogP contribution in [-0.4, -0.2) is 34.6 Å². The molecule has 0 aliphatic carbocycles. The van der Waals surface area contributed by atoms with Crippen LogP contribution in [0, 0.1) is 0 Å². The van der Waals surface area contributed by atoms with E-state index in [2.05, 4.69) is 31.2 Å². The van der Waals surface area contributed by atoms with Crippen molar-refractivity contribution in [2.24, 2.45) is 0 Å². The van der Waals surface area contributed by atoms with Crippen LogP contribution >= 0.6 is 0 Å². The summed E-state index contributed by atoms with van der Waals surface area (Å²) in [4.78, 5) is 0. The van der Waals surface area contributed by atoms with E-state index in [0.717, 1.165) is 31.1 Å². The molecule has 21 heavy (non-hydrogen) atoms. The topological polar surface area (TPSA) is 27.7 Å². The standard InChI is InChI=1S/C17H28O3Si/c1-4-17(14-10-5-6-11-15-20-17)21(18-2,19-3)16-12-8-7-9-13-16/h7-9,12-13H,4-6,10-11,14-15H2,1-3H3. The summed E-state index contributed by atoms with van der Waals surface area (Å²) in [5, 5.41) is 0.871. The second-order valence-electron chi connectivity index (χ2n) is 5.75. The van der Waals surface area contributed by atoms with Crippen LogP contribution in [0.25, 0.3) is 0 Å². The van der Waals surface area contributed by atoms with Gasteiger partial charge in [-0.2, -0.15) is 0 Å². The Balaban J connectivity index is 2.46. The lowest BCUT2D eigenvalue weighted by Crippen LogP contribution is -2.70. The molecule has 0 saturated carbocycles. The van der Waals surface area contributed by atoms with Gasteiger partial charge >= 0.3 is 8.56 Å². The Hall–Kier alpha value is -0.683. The lowest BCUT2D eigenvalue weighted by molar-refractivity contribution is -0.0381. The van der Waals surface area contributed by atoms with E-state index < -0.39 is 8.56 Å². The first kappa shape index (κ1) is 16.7. The van der Waals surface area contributed by atoms with E-state index in [1.165, 1.54) is 19.3 Å². The number of ether oxygens (including phenoxy) is 1. The zero-order valence-electron chi connectivity index (χ0n) is 13.6. The minimum absolute atomic E-state index is 0.293. The van der Waals surface area contributed by atoms with Crippen LogP contribution < -0.4 is 5.19 Å². The number of benzene rings is 1. The average molecular weight is 308 g/mol. The third-order valence-electron chi connectivity index (χ3n) is 4.75. The molecule has 1 fully saturated rings. The van der Waals surface area contributed by atoms with E-state index >= 15 is 0 Å². The molecule has 1 atom stereocenters. The summed E-state index contributed by atoms with van der Waals surface area (Å²) >= 11 is 0. The van der Waals surface area contributed by atoms with Gasteiger partial charge in [0.05, 0.1) is 0 Å². The van der Waals surface area contributed by atoms with Gasteiger partial charge in [-0.05, 0) is 24.4 Å². The molecular formula is C17H28O3Si. The summed E-state index contributed by atoms with van der Waals surface area (Å²) in [5.74, 6) is 0. The molecule has 118 valence electrons. The number of hydrogen-bond acceptors (Lipinski definition) is 3. The summed E-state index contributed by atoms with van der Waals surface area (Å²) in [6, 6.07) is 10.4. The summed E-state index contributed by atoms with van der Waals surface area (Å²) in [7, 11) is 0.914. The van der Waals surface area contributed by atoms with Crippen LogP contribution in [0.1, 0.15) is 45.4 Å². The Bertz CT molecular complexity index is 409. The number of hydrogen-bond donors (Lipinski definition) is 0. The first-order valence-electron chi connectivity index (χ1n) is 8.04. The summed E-state index contributed by atoms with van der Waals surface area (Å²) in [6.45, 7) is 3.01. The minimum atomic E-state index is -2.65. The van der Waals surface area contributed by atoms with Crippen molar-refractivity contribution >= 4 is 13.7 Å². The first-order valence-corrected chi connectivity index (χ1v) is 9.86. The van der Waals surface area contributed by atoms with E-state index in [1.54, 1.807) is 14.2 Å². The summed E-state index contributed by atoms with van der Waals surface area (Å²) in [6.07, 6.45) is 6.80. The highest BCUT2D eigenvalue weighted by Gasteiger charge is 2.58. The molecule has 1 aromatic carbocycles. The molecule has 3 nitrogen and oxygen atoms in total. The molecule has 1 aromatic rings. The normalized spacial score (nSPS) is 24.3. The number of rotatable bonds is 5. The molecule has 0 aromatic heterocycles. The maximum Gasteiger partial charge on any atom is 0.405 e. The predicted molar refractivity (Wildman–Crippen MR) is 87.9 cm³/mol. The van der Waals surface area contributed by atoms with Crippen molar-refractivity contribution in [1.29, 1.82) is 0 Å². The third-order valence-corrected chi connectivity index (χ3v) is 8.94. The lowest BCUT2D eigenvalue weighted by atomic mass is 10.0. The zero-order valence-corrected chi connectivity index (χ0v) is 14.6. The second-order valence-corrected chi connectivity index (χ2v) is 9.29. The van der Waals surface area contributed by atoms with Gasteiger partial charge in [-0.1, -0.05) is 56.5 Å². The van der Waals surface area contributed by atoms with E-state index in [9.17, 15) is 0 Å². The van der Waals surface area contributed by atoms with Gasteiger partial charge in [0.15, 0.2) is 0 Å². The Morgan fingerprint density at radius 3 is 2.33 bits per heavy atom. The fraction of sp³-hybridized carbons (Fsp3) is 0.647. The Morgan fingerprint density at radius 1 is 1.05 bits per heavy atom. The molecular weight excluding hydrogens is 280 g/mol. The average Bonchev–Trinajstić information content (AvgIpc) is 2.52. The van der Waals surface area contributed by atoms with E-state index in [-0.39, 0.29) is 5.22 Å². The highest BCUT2D eigenvalue weighted by molar-refractivity contribution is 6.83. The maximum atomic E-state index is 6.43. The zero-order chi connectivity index (χ0) is 15.2. The van der Waals surface area contributed by atoms with Crippen molar-refractivity contribution in [3.05, 3.63) is 30.3 Å². The van der Waals surface area contributed by atoms with Crippen molar-refractivity contribution in [3.63, 3.8) is 0 Å². The van der Waals surface area contributed by atoms with Crippen molar-refractivity contribution in [3.8, 4) is 0 Å². The molecule has 0 spiro atoms. The van der Waals surface area contributed by atoms with Gasteiger partial charge in [0, 0.05) is 20.8 Å². The lowest BCUT2D eigenvalue weighted by Gasteiger charge is -2.46. The fourth-order valence-electron chi connectivity index (χ4n) is 3.59. The maximum absolute atomic E-state index is 6.43. The van der Waals surface area contributed by atoms with E-state index in [1.807, 2.05) is 6.07 Å². The Kier molecular flexibility index (Phi) is 5.99. The van der Waals surface area contributed by atoms with Crippen LogP contribution in [0.3, 0.4) is 0 Å². The highest BCUT2D eigenvalue weighted by atomic mass is 28.4. The fourth-order valence-corrected chi connectivity index (χ4v) is 7.39. The van der Waals surface area contributed by atoms with Gasteiger partial charge in [0.2, 0.25) is 0 Å². The molecule has 0 radical (unpaired) electrons. The van der Waals surface area contributed by atoms with Crippen LogP contribution in [0.5, 0.6) is 0 Å². The van der Waals surface area contributed by atoms with E-state index in [0.29, 0.717) is 0 Å². The SMILES string of the molecule is CCC1([Si](OC)(OC)c2ccccc2)CCCCCCO1. The van der Waals surface area contributed by atoms with Crippen molar-refractivity contribution in [2.75, 3.05) is 20.8 Å². The molecule has 1 unspecified atom stereocenters. The van der Waals surface area contributed by atoms with Crippen molar-refractivity contribution in [1.82, 2.24) is 0 Å². The van der Waals surface area contributed by atoms with Crippen LogP contribution in [0.2, 0.25) is 0 Å². The minimum Gasteiger partial charge on any atom is -0.393 e. The Morgan fingerprint density at radius 2 is 1.71 bits per heavy atom. The molecule has 4 heteroatoms. The summed E-state index contributed by atoms with van der Waals surface area (Å²) < 4.78 is 18.6. The monoisotopic (exact) mass is 308 g/mol. The molecule has 0 bridgehead atoms. The molecule has 1 aliphatic heterocycles. The highest BCUT2D eigenvalue weighted by Crippen LogP contribution is 2.36. The van der Waals surface area contributed by atoms with Crippen LogP contribution in [0.15, 0.2) is 30.3 Å². The molecule has 1 aliphatic rings. The molecule has 1 heterocycles. The van der Waals surface area contributed by atoms with Crippen molar-refractivity contribution in [2.45, 2.75) is 50.7 Å². The van der Waals surface area contributed by atoms with Gasteiger partial charge < -0.3 is 13.6 Å². The quantitative estimate of drug-likeness (QED) is 0.781. The van der Waals surface area contributed by atoms with Crippen LogP contribution in [-0.2, 0) is 13.6 Å². The van der Waals surface area contributed by atoms with Crippen LogP contribution in [0.4, 0.5) is 0 Å². The van der Waals surface area contributed by atoms with E-state index in [4.69, 9.17) is 13.6 Å². The summed E-state index contributed by atoms with van der Waals surface area (Å²) in [5.41, 5.74) is 0. The second kappa shape index (κ2) is 7.54. The predicted octanol–water partition coefficient (Wildman–Crippen LogP) is 3.30. The first-order chi connectivity index (χ1) is 10.2. The molecule has 2 rings (SSSR count). The largest absolute Gasteiger partial charge is 0.405 e. The van der Waals surface area contributed by atoms with Crippen molar-refractivity contribution < 1.29 is 13.6 Å². The van der Waals surface area contributed by atoms with Gasteiger partial charge in [0.25, 0.3) is 0 Å². The molecule has 0 amide bonds. The third kappa shape index (κ3) is 3.09. The van der Waals surface area contributed by atoms with Gasteiger partial charge in [-0.25, -0.2) is 0 Å².